The van der Waals surface area contributed by atoms with Gasteiger partial charge in [0.25, 0.3) is 0 Å². The molecule has 0 fully saturated rings. The minimum absolute atomic E-state index is 0.834. The van der Waals surface area contributed by atoms with Crippen LogP contribution in [0.5, 0.6) is 0 Å². The smallest absolute Gasteiger partial charge is 0.0759 e. The van der Waals surface area contributed by atoms with Gasteiger partial charge >= 0.3 is 0 Å². The Hall–Kier alpha value is -2.35. The molecule has 0 spiro atoms. The average Bonchev–Trinajstić information content (AvgIpc) is 2.44. The third-order valence-electron chi connectivity index (χ3n) is 3.77. The van der Waals surface area contributed by atoms with Gasteiger partial charge < -0.3 is 5.73 Å². The predicted molar refractivity (Wildman–Crippen MR) is 85.8 cm³/mol. The number of benzene rings is 2. The lowest BCUT2D eigenvalue weighted by Crippen LogP contribution is -1.99. The molecule has 0 aliphatic rings. The lowest BCUT2D eigenvalue weighted by atomic mass is 9.99. The molecule has 3 aromatic rings. The van der Waals surface area contributed by atoms with Crippen molar-refractivity contribution < 1.29 is 0 Å². The molecule has 0 radical (unpaired) electrons. The predicted octanol–water partition coefficient (Wildman–Crippen LogP) is 4.41. The molecule has 100 valence electrons. The van der Waals surface area contributed by atoms with Gasteiger partial charge in [-0.3, -0.25) is 0 Å². The number of hydrogen-bond donors (Lipinski definition) is 1. The quantitative estimate of drug-likeness (QED) is 0.705. The highest BCUT2D eigenvalue weighted by Gasteiger charge is 2.12. The fourth-order valence-corrected chi connectivity index (χ4v) is 2.72. The first kappa shape index (κ1) is 12.7. The van der Waals surface area contributed by atoms with E-state index in [0.29, 0.717) is 0 Å². The Labute approximate surface area is 119 Å². The van der Waals surface area contributed by atoms with Crippen LogP contribution in [-0.4, -0.2) is 4.98 Å². The molecular weight excluding hydrogens is 244 g/mol. The Morgan fingerprint density at radius 1 is 0.950 bits per heavy atom. The maximum atomic E-state index is 6.35. The summed E-state index contributed by atoms with van der Waals surface area (Å²) in [5.41, 5.74) is 13.7. The van der Waals surface area contributed by atoms with E-state index in [-0.39, 0.29) is 0 Å². The van der Waals surface area contributed by atoms with Gasteiger partial charge in [-0.15, -0.1) is 0 Å². The van der Waals surface area contributed by atoms with Crippen molar-refractivity contribution in [2.45, 2.75) is 20.8 Å². The number of nitrogen functional groups attached to an aromatic ring is 1. The molecule has 2 aromatic carbocycles. The summed E-state index contributed by atoms with van der Waals surface area (Å²) in [7, 11) is 0. The van der Waals surface area contributed by atoms with Crippen molar-refractivity contribution in [1.29, 1.82) is 0 Å². The molecule has 0 unspecified atom stereocenters. The number of pyridine rings is 1. The van der Waals surface area contributed by atoms with Crippen molar-refractivity contribution in [2.75, 3.05) is 5.73 Å². The minimum Gasteiger partial charge on any atom is -0.398 e. The summed E-state index contributed by atoms with van der Waals surface area (Å²) in [5.74, 6) is 0. The number of aromatic nitrogens is 1. The second-order valence-electron chi connectivity index (χ2n) is 5.34. The Kier molecular flexibility index (Phi) is 2.94. The van der Waals surface area contributed by atoms with E-state index in [1.165, 1.54) is 11.1 Å². The van der Waals surface area contributed by atoms with Crippen molar-refractivity contribution in [3.05, 3.63) is 59.2 Å². The minimum atomic E-state index is 0.834. The summed E-state index contributed by atoms with van der Waals surface area (Å²) < 4.78 is 0. The summed E-state index contributed by atoms with van der Waals surface area (Å²) in [6, 6.07) is 14.5. The van der Waals surface area contributed by atoms with Crippen LogP contribution in [0.3, 0.4) is 0 Å². The Balaban J connectivity index is 2.39. The Morgan fingerprint density at radius 2 is 1.65 bits per heavy atom. The Bertz CT molecular complexity index is 790. The molecule has 2 N–H and O–H groups in total. The van der Waals surface area contributed by atoms with Crippen molar-refractivity contribution in [1.82, 2.24) is 4.98 Å². The van der Waals surface area contributed by atoms with Gasteiger partial charge in [-0.05, 0) is 38.0 Å². The molecule has 3 rings (SSSR count). The lowest BCUT2D eigenvalue weighted by Gasteiger charge is -2.13. The van der Waals surface area contributed by atoms with E-state index in [0.717, 1.165) is 33.4 Å². The number of fused-ring (bicyclic) bond motifs is 1. The topological polar surface area (TPSA) is 38.9 Å². The van der Waals surface area contributed by atoms with Gasteiger partial charge in [-0.2, -0.15) is 0 Å². The van der Waals surface area contributed by atoms with Crippen molar-refractivity contribution in [2.24, 2.45) is 0 Å². The van der Waals surface area contributed by atoms with Crippen LogP contribution in [0.4, 0.5) is 5.69 Å². The molecule has 0 bridgehead atoms. The van der Waals surface area contributed by atoms with E-state index in [1.54, 1.807) is 0 Å². The van der Waals surface area contributed by atoms with Gasteiger partial charge in [0, 0.05) is 16.6 Å². The van der Waals surface area contributed by atoms with E-state index in [9.17, 15) is 0 Å². The third kappa shape index (κ3) is 1.94. The molecule has 0 saturated carbocycles. The number of hydrogen-bond acceptors (Lipinski definition) is 2. The van der Waals surface area contributed by atoms with Gasteiger partial charge in [0.1, 0.15) is 0 Å². The summed E-state index contributed by atoms with van der Waals surface area (Å²) in [4.78, 5) is 4.87. The van der Waals surface area contributed by atoms with Crippen LogP contribution in [0, 0.1) is 20.8 Å². The molecule has 1 aromatic heterocycles. The molecule has 0 saturated heterocycles. The monoisotopic (exact) mass is 262 g/mol. The summed E-state index contributed by atoms with van der Waals surface area (Å²) in [5, 5.41) is 1.06. The third-order valence-corrected chi connectivity index (χ3v) is 3.77. The van der Waals surface area contributed by atoms with E-state index in [2.05, 4.69) is 38.1 Å². The summed E-state index contributed by atoms with van der Waals surface area (Å²) in [6.45, 7) is 6.22. The zero-order valence-corrected chi connectivity index (χ0v) is 12.1. The van der Waals surface area contributed by atoms with Crippen molar-refractivity contribution in [3.63, 3.8) is 0 Å². The maximum Gasteiger partial charge on any atom is 0.0759 e. The Morgan fingerprint density at radius 3 is 2.35 bits per heavy atom. The van der Waals surface area contributed by atoms with E-state index in [4.69, 9.17) is 10.7 Å². The van der Waals surface area contributed by atoms with Crippen molar-refractivity contribution in [3.8, 4) is 11.3 Å². The normalized spacial score (nSPS) is 10.9. The lowest BCUT2D eigenvalue weighted by molar-refractivity contribution is 1.30. The molecule has 0 atom stereocenters. The average molecular weight is 262 g/mol. The first-order valence-electron chi connectivity index (χ1n) is 6.80. The second-order valence-corrected chi connectivity index (χ2v) is 5.34. The molecule has 0 aliphatic carbocycles. The van der Waals surface area contributed by atoms with Crippen molar-refractivity contribution >= 4 is 16.6 Å². The molecular formula is C18H18N2. The van der Waals surface area contributed by atoms with E-state index >= 15 is 0 Å². The van der Waals surface area contributed by atoms with Gasteiger partial charge in [0.15, 0.2) is 0 Å². The number of rotatable bonds is 1. The fourth-order valence-electron chi connectivity index (χ4n) is 2.72. The standard InChI is InChI=1S/C18H18N2/c1-11-9-12(2)17-15(10-11)16(19)13(3)18(20-17)14-7-5-4-6-8-14/h4-10H,1-3H3,(H2,19,20). The zero-order valence-electron chi connectivity index (χ0n) is 12.1. The highest BCUT2D eigenvalue weighted by Crippen LogP contribution is 2.33. The van der Waals surface area contributed by atoms with E-state index < -0.39 is 0 Å². The molecule has 0 aliphatic heterocycles. The van der Waals surface area contributed by atoms with E-state index in [1.807, 2.05) is 25.1 Å². The van der Waals surface area contributed by atoms with Crippen LogP contribution in [0.15, 0.2) is 42.5 Å². The van der Waals surface area contributed by atoms with Crippen LogP contribution < -0.4 is 5.73 Å². The summed E-state index contributed by atoms with van der Waals surface area (Å²) in [6.07, 6.45) is 0. The van der Waals surface area contributed by atoms with Crippen LogP contribution in [0.2, 0.25) is 0 Å². The molecule has 1 heterocycles. The molecule has 20 heavy (non-hydrogen) atoms. The number of nitrogens with zero attached hydrogens (tertiary/aromatic N) is 1. The van der Waals surface area contributed by atoms with Gasteiger partial charge in [0.05, 0.1) is 11.2 Å². The molecule has 0 amide bonds. The maximum absolute atomic E-state index is 6.35. The van der Waals surface area contributed by atoms with Gasteiger partial charge in [0.2, 0.25) is 0 Å². The van der Waals surface area contributed by atoms with Crippen LogP contribution >= 0.6 is 0 Å². The van der Waals surface area contributed by atoms with Crippen LogP contribution in [0.25, 0.3) is 22.2 Å². The highest BCUT2D eigenvalue weighted by molar-refractivity contribution is 5.97. The molecule has 2 nitrogen and oxygen atoms in total. The van der Waals surface area contributed by atoms with Gasteiger partial charge in [-0.1, -0.05) is 42.0 Å². The molecule has 2 heteroatoms. The van der Waals surface area contributed by atoms with Crippen LogP contribution in [0.1, 0.15) is 16.7 Å². The SMILES string of the molecule is Cc1cc(C)c2nc(-c3ccccc3)c(C)c(N)c2c1. The highest BCUT2D eigenvalue weighted by atomic mass is 14.7. The number of nitrogens with two attached hydrogens (primary N) is 1. The van der Waals surface area contributed by atoms with Gasteiger partial charge in [-0.25, -0.2) is 4.98 Å². The fraction of sp³-hybridized carbons (Fsp3) is 0.167. The van der Waals surface area contributed by atoms with Crippen LogP contribution in [-0.2, 0) is 0 Å². The number of aryl methyl sites for hydroxylation is 2. The number of anilines is 1. The zero-order chi connectivity index (χ0) is 14.3. The summed E-state index contributed by atoms with van der Waals surface area (Å²) >= 11 is 0. The largest absolute Gasteiger partial charge is 0.398 e. The second kappa shape index (κ2) is 4.64. The first-order chi connectivity index (χ1) is 9.58. The first-order valence-corrected chi connectivity index (χ1v) is 6.80.